The fourth-order valence-electron chi connectivity index (χ4n) is 3.11. The van der Waals surface area contributed by atoms with Gasteiger partial charge in [-0.05, 0) is 19.9 Å². The summed E-state index contributed by atoms with van der Waals surface area (Å²) in [7, 11) is 0. The third-order valence-electron chi connectivity index (χ3n) is 3.99. The summed E-state index contributed by atoms with van der Waals surface area (Å²) in [6.45, 7) is 3.74. The first-order chi connectivity index (χ1) is 11.0. The van der Waals surface area contributed by atoms with Crippen molar-refractivity contribution in [2.75, 3.05) is 5.73 Å². The van der Waals surface area contributed by atoms with Crippen molar-refractivity contribution in [3.8, 4) is 0 Å². The normalized spacial score (nSPS) is 32.8. The van der Waals surface area contributed by atoms with Crippen LogP contribution >= 0.6 is 11.6 Å². The maximum absolute atomic E-state index is 6.06. The minimum atomic E-state index is -0.694. The molecule has 0 radical (unpaired) electrons. The Labute approximate surface area is 137 Å². The molecular formula is C14H16ClN5O3. The molecule has 0 aromatic carbocycles. The van der Waals surface area contributed by atoms with E-state index in [2.05, 4.69) is 15.0 Å². The summed E-state index contributed by atoms with van der Waals surface area (Å²) in [6.07, 6.45) is 3.43. The van der Waals surface area contributed by atoms with E-state index in [1.807, 2.05) is 13.8 Å². The van der Waals surface area contributed by atoms with Gasteiger partial charge in [0.25, 0.3) is 0 Å². The number of nitrogens with zero attached hydrogens (tertiary/aromatic N) is 4. The third-order valence-corrected chi connectivity index (χ3v) is 4.13. The Morgan fingerprint density at radius 2 is 2.04 bits per heavy atom. The van der Waals surface area contributed by atoms with Crippen molar-refractivity contribution in [1.82, 2.24) is 19.5 Å². The molecule has 0 unspecified atom stereocenters. The number of hydrogen-bond donors (Lipinski definition) is 1. The van der Waals surface area contributed by atoms with E-state index in [4.69, 9.17) is 31.5 Å². The molecule has 0 bridgehead atoms. The summed E-state index contributed by atoms with van der Waals surface area (Å²) < 4.78 is 19.8. The number of nitrogens with two attached hydrogens (primary N) is 1. The van der Waals surface area contributed by atoms with E-state index in [0.29, 0.717) is 17.0 Å². The molecular weight excluding hydrogens is 322 g/mol. The molecule has 2 N–H and O–H groups in total. The molecule has 23 heavy (non-hydrogen) atoms. The van der Waals surface area contributed by atoms with E-state index in [9.17, 15) is 0 Å². The highest BCUT2D eigenvalue weighted by Gasteiger charge is 2.55. The van der Waals surface area contributed by atoms with Gasteiger partial charge in [0.05, 0.1) is 6.33 Å². The van der Waals surface area contributed by atoms with Crippen molar-refractivity contribution in [2.45, 2.75) is 44.2 Å². The number of anilines is 1. The molecule has 122 valence electrons. The summed E-state index contributed by atoms with van der Waals surface area (Å²) >= 11 is 5.72. The molecule has 2 aromatic heterocycles. The van der Waals surface area contributed by atoms with Gasteiger partial charge >= 0.3 is 0 Å². The van der Waals surface area contributed by atoms with Crippen LogP contribution < -0.4 is 5.73 Å². The molecule has 9 heteroatoms. The summed E-state index contributed by atoms with van der Waals surface area (Å²) in [5, 5.41) is 0. The number of rotatable bonds is 2. The van der Waals surface area contributed by atoms with Crippen LogP contribution in [0.4, 0.5) is 5.82 Å². The van der Waals surface area contributed by atoms with Gasteiger partial charge in [0, 0.05) is 5.54 Å². The fourth-order valence-corrected chi connectivity index (χ4v) is 3.26. The van der Waals surface area contributed by atoms with Crippen LogP contribution in [0, 0.1) is 0 Å². The molecule has 2 aliphatic heterocycles. The van der Waals surface area contributed by atoms with Crippen LogP contribution in [-0.4, -0.2) is 43.6 Å². The first-order valence-electron chi connectivity index (χ1n) is 7.21. The molecule has 0 spiro atoms. The highest BCUT2D eigenvalue weighted by Crippen LogP contribution is 2.44. The molecule has 4 rings (SSSR count). The topological polar surface area (TPSA) is 97.3 Å². The lowest BCUT2D eigenvalue weighted by molar-refractivity contribution is -0.191. The smallest absolute Gasteiger partial charge is 0.167 e. The highest BCUT2D eigenvalue weighted by atomic mass is 35.5. The molecule has 8 nitrogen and oxygen atoms in total. The number of fused-ring (bicyclic) bond motifs is 2. The molecule has 2 aliphatic rings. The summed E-state index contributed by atoms with van der Waals surface area (Å²) in [5.74, 6) is -0.371. The second-order valence-corrected chi connectivity index (χ2v) is 6.21. The van der Waals surface area contributed by atoms with Crippen LogP contribution in [0.15, 0.2) is 24.3 Å². The second kappa shape index (κ2) is 5.13. The van der Waals surface area contributed by atoms with Gasteiger partial charge in [-0.3, -0.25) is 4.57 Å². The zero-order valence-electron chi connectivity index (χ0n) is 12.6. The number of aromatic nitrogens is 4. The summed E-state index contributed by atoms with van der Waals surface area (Å²) in [5.41, 5.74) is 8.38. The molecule has 0 aliphatic carbocycles. The van der Waals surface area contributed by atoms with Crippen LogP contribution in [-0.2, 0) is 14.2 Å². The largest absolute Gasteiger partial charge is 0.382 e. The van der Waals surface area contributed by atoms with Gasteiger partial charge in [-0.15, -0.1) is 0 Å². The van der Waals surface area contributed by atoms with Gasteiger partial charge < -0.3 is 19.9 Å². The van der Waals surface area contributed by atoms with Crippen LogP contribution in [0.1, 0.15) is 20.1 Å². The average molecular weight is 338 g/mol. The van der Waals surface area contributed by atoms with E-state index < -0.39 is 12.0 Å². The van der Waals surface area contributed by atoms with Gasteiger partial charge in [0.1, 0.15) is 30.2 Å². The predicted molar refractivity (Wildman–Crippen MR) is 82.5 cm³/mol. The van der Waals surface area contributed by atoms with Gasteiger partial charge in [0.15, 0.2) is 23.5 Å². The third kappa shape index (κ3) is 2.29. The summed E-state index contributed by atoms with van der Waals surface area (Å²) in [6, 6.07) is 0. The summed E-state index contributed by atoms with van der Waals surface area (Å²) in [4.78, 5) is 12.5. The van der Waals surface area contributed by atoms with Crippen LogP contribution in [0.2, 0.25) is 0 Å². The van der Waals surface area contributed by atoms with Crippen molar-refractivity contribution in [1.29, 1.82) is 0 Å². The SMILES string of the molecule is CC1(C)O[C@@H]2[C@H](O1)[C@@H](/C=C\Cl)O[C@H]2n1cnc2c(N)ncnc21. The van der Waals surface area contributed by atoms with Crippen molar-refractivity contribution in [3.05, 3.63) is 24.3 Å². The van der Waals surface area contributed by atoms with Crippen LogP contribution in [0.3, 0.4) is 0 Å². The molecule has 4 atom stereocenters. The highest BCUT2D eigenvalue weighted by molar-refractivity contribution is 6.25. The van der Waals surface area contributed by atoms with Crippen molar-refractivity contribution < 1.29 is 14.2 Å². The molecule has 2 aromatic rings. The Morgan fingerprint density at radius 1 is 1.26 bits per heavy atom. The monoisotopic (exact) mass is 337 g/mol. The number of imidazole rings is 1. The lowest BCUT2D eigenvalue weighted by Crippen LogP contribution is -2.28. The minimum Gasteiger partial charge on any atom is -0.382 e. The molecule has 2 fully saturated rings. The fraction of sp³-hybridized carbons (Fsp3) is 0.500. The van der Waals surface area contributed by atoms with E-state index in [-0.39, 0.29) is 18.3 Å². The number of hydrogen-bond acceptors (Lipinski definition) is 7. The molecule has 2 saturated heterocycles. The minimum absolute atomic E-state index is 0.262. The average Bonchev–Trinajstić information content (AvgIpc) is 3.13. The van der Waals surface area contributed by atoms with Crippen LogP contribution in [0.25, 0.3) is 11.2 Å². The first-order valence-corrected chi connectivity index (χ1v) is 7.65. The number of nitrogen functional groups attached to an aromatic ring is 1. The zero-order chi connectivity index (χ0) is 16.2. The van der Waals surface area contributed by atoms with Gasteiger partial charge in [-0.25, -0.2) is 15.0 Å². The number of ether oxygens (including phenoxy) is 3. The van der Waals surface area contributed by atoms with Gasteiger partial charge in [0.2, 0.25) is 0 Å². The maximum atomic E-state index is 6.06. The Balaban J connectivity index is 1.77. The maximum Gasteiger partial charge on any atom is 0.167 e. The van der Waals surface area contributed by atoms with Crippen molar-refractivity contribution in [3.63, 3.8) is 0 Å². The molecule has 4 heterocycles. The Kier molecular flexibility index (Phi) is 3.31. The van der Waals surface area contributed by atoms with E-state index in [1.165, 1.54) is 11.9 Å². The Morgan fingerprint density at radius 3 is 2.83 bits per heavy atom. The molecule has 0 saturated carbocycles. The van der Waals surface area contributed by atoms with Crippen LogP contribution in [0.5, 0.6) is 0 Å². The Hall–Kier alpha value is -1.74. The van der Waals surface area contributed by atoms with Gasteiger partial charge in [-0.1, -0.05) is 11.6 Å². The van der Waals surface area contributed by atoms with E-state index >= 15 is 0 Å². The standard InChI is InChI=1S/C14H16ClN5O3/c1-14(2)22-9-7(3-4-15)21-13(10(9)23-14)20-6-19-8-11(16)17-5-18-12(8)20/h3-7,9-10,13H,1-2H3,(H2,16,17,18)/b4-3-/t7-,9-,10-,13-/m1/s1. The van der Waals surface area contributed by atoms with Crippen molar-refractivity contribution in [2.24, 2.45) is 0 Å². The quantitative estimate of drug-likeness (QED) is 0.888. The lowest BCUT2D eigenvalue weighted by atomic mass is 10.1. The second-order valence-electron chi connectivity index (χ2n) is 5.96. The van der Waals surface area contributed by atoms with Crippen molar-refractivity contribution >= 4 is 28.6 Å². The van der Waals surface area contributed by atoms with Gasteiger partial charge in [-0.2, -0.15) is 0 Å². The lowest BCUT2D eigenvalue weighted by Gasteiger charge is -2.23. The predicted octanol–water partition coefficient (Wildman–Crippen LogP) is 1.58. The first kappa shape index (κ1) is 14.8. The van der Waals surface area contributed by atoms with E-state index in [0.717, 1.165) is 0 Å². The molecule has 0 amide bonds. The van der Waals surface area contributed by atoms with E-state index in [1.54, 1.807) is 17.0 Å². The zero-order valence-corrected chi connectivity index (χ0v) is 13.3. The number of halogens is 1. The Bertz CT molecular complexity index is 777.